The van der Waals surface area contributed by atoms with Crippen molar-refractivity contribution in [2.24, 2.45) is 0 Å². The van der Waals surface area contributed by atoms with Crippen LogP contribution < -0.4 is 10.8 Å². The van der Waals surface area contributed by atoms with Crippen molar-refractivity contribution in [3.8, 4) is 0 Å². The molecule has 1 aliphatic carbocycles. The first-order valence-electron chi connectivity index (χ1n) is 8.18. The van der Waals surface area contributed by atoms with E-state index in [1.165, 1.54) is 4.90 Å². The highest BCUT2D eigenvalue weighted by Gasteiger charge is 2.49. The monoisotopic (exact) mass is 378 g/mol. The molecule has 2 aliphatic heterocycles. The molecule has 0 spiro atoms. The van der Waals surface area contributed by atoms with Crippen LogP contribution in [0.5, 0.6) is 0 Å². The van der Waals surface area contributed by atoms with E-state index < -0.39 is 34.4 Å². The summed E-state index contributed by atoms with van der Waals surface area (Å²) in [5.74, 6) is -0.451. The predicted octanol–water partition coefficient (Wildman–Crippen LogP) is -0.822. The van der Waals surface area contributed by atoms with Crippen molar-refractivity contribution < 1.29 is 31.7 Å². The van der Waals surface area contributed by atoms with E-state index in [4.69, 9.17) is 9.39 Å². The summed E-state index contributed by atoms with van der Waals surface area (Å²) in [4.78, 5) is 31.3. The third-order valence-corrected chi connectivity index (χ3v) is 5.27. The molecule has 3 rings (SSSR count). The highest BCUT2D eigenvalue weighted by molar-refractivity contribution is 7.80. The minimum absolute atomic E-state index is 0.0774. The van der Waals surface area contributed by atoms with Crippen molar-refractivity contribution in [2.75, 3.05) is 13.6 Å². The molecule has 2 bridgehead atoms. The topological polar surface area (TPSA) is 138 Å². The summed E-state index contributed by atoms with van der Waals surface area (Å²) in [6.45, 7) is 0.150. The van der Waals surface area contributed by atoms with Crippen LogP contribution in [0.3, 0.4) is 0 Å². The summed E-state index contributed by atoms with van der Waals surface area (Å²) in [5.41, 5.74) is 2.42. The number of carbonyl (C=O) groups excluding carboxylic acids is 2. The third kappa shape index (κ3) is 4.03. The summed E-state index contributed by atoms with van der Waals surface area (Å²) < 4.78 is 34.8. The number of hydrogen-bond acceptors (Lipinski definition) is 7. The second-order valence-corrected chi connectivity index (χ2v) is 7.52. The van der Waals surface area contributed by atoms with Gasteiger partial charge < -0.3 is 10.2 Å². The van der Waals surface area contributed by atoms with Crippen LogP contribution in [0.25, 0.3) is 0 Å². The minimum Gasteiger partial charge on any atom is -0.317 e. The molecular formula is C13H22N4O7S. The lowest BCUT2D eigenvalue weighted by Crippen LogP contribution is -2.50. The summed E-state index contributed by atoms with van der Waals surface area (Å²) in [6.07, 6.45) is 3.24. The first kappa shape index (κ1) is 18.3. The molecule has 0 aromatic rings. The van der Waals surface area contributed by atoms with Crippen LogP contribution in [0.4, 0.5) is 4.79 Å². The SMILES string of the molecule is CN[C@@H]1CC[C@@H](ONC(=O)C2CCC3CN2C(=O)N3OS(=O)(=O)O)C1. The Morgan fingerprint density at radius 2 is 2.04 bits per heavy atom. The molecular weight excluding hydrogens is 356 g/mol. The maximum absolute atomic E-state index is 12.4. The first-order chi connectivity index (χ1) is 11.8. The number of hydroxylamine groups is 3. The number of hydrogen-bond donors (Lipinski definition) is 3. The Bertz CT molecular complexity index is 642. The van der Waals surface area contributed by atoms with Gasteiger partial charge in [0.1, 0.15) is 6.04 Å². The second-order valence-electron chi connectivity index (χ2n) is 6.51. The van der Waals surface area contributed by atoms with Crippen LogP contribution in [-0.2, 0) is 24.3 Å². The summed E-state index contributed by atoms with van der Waals surface area (Å²) in [7, 11) is -2.92. The number of urea groups is 1. The molecule has 2 heterocycles. The van der Waals surface area contributed by atoms with Gasteiger partial charge in [-0.1, -0.05) is 0 Å². The van der Waals surface area contributed by atoms with E-state index in [0.717, 1.165) is 19.3 Å². The van der Waals surface area contributed by atoms with Gasteiger partial charge in [0.15, 0.2) is 0 Å². The zero-order chi connectivity index (χ0) is 18.2. The standard InChI is InChI=1S/C13H22N4O7S/c1-14-8-2-4-10(6-8)23-15-12(18)11-5-3-9-7-16(11)13(19)17(9)24-25(20,21)22/h8-11,14H,2-7H2,1H3,(H,15,18)(H,20,21,22)/t8-,9?,10-,11?/m1/s1. The van der Waals surface area contributed by atoms with Crippen molar-refractivity contribution in [1.82, 2.24) is 20.8 Å². The molecule has 3 fully saturated rings. The Balaban J connectivity index is 1.55. The van der Waals surface area contributed by atoms with Gasteiger partial charge >= 0.3 is 16.4 Å². The Kier molecular flexibility index (Phi) is 5.16. The van der Waals surface area contributed by atoms with Crippen molar-refractivity contribution in [1.29, 1.82) is 0 Å². The highest BCUT2D eigenvalue weighted by Crippen LogP contribution is 2.31. The zero-order valence-corrected chi connectivity index (χ0v) is 14.6. The van der Waals surface area contributed by atoms with Crippen LogP contribution in [0.15, 0.2) is 0 Å². The molecule has 12 heteroatoms. The lowest BCUT2D eigenvalue weighted by atomic mass is 10.0. The number of carbonyl (C=O) groups is 2. The van der Waals surface area contributed by atoms with E-state index in [1.54, 1.807) is 0 Å². The maximum atomic E-state index is 12.4. The summed E-state index contributed by atoms with van der Waals surface area (Å²) >= 11 is 0. The third-order valence-electron chi connectivity index (χ3n) is 4.92. The van der Waals surface area contributed by atoms with E-state index in [0.29, 0.717) is 23.9 Å². The molecule has 3 aliphatic rings. The molecule has 11 nitrogen and oxygen atoms in total. The Labute approximate surface area is 145 Å². The second kappa shape index (κ2) is 7.03. The lowest BCUT2D eigenvalue weighted by molar-refractivity contribution is -0.143. The van der Waals surface area contributed by atoms with Crippen LogP contribution in [-0.4, -0.2) is 72.7 Å². The van der Waals surface area contributed by atoms with Gasteiger partial charge in [0, 0.05) is 12.6 Å². The maximum Gasteiger partial charge on any atom is 0.418 e. The smallest absolute Gasteiger partial charge is 0.317 e. The van der Waals surface area contributed by atoms with Crippen molar-refractivity contribution in [3.05, 3.63) is 0 Å². The van der Waals surface area contributed by atoms with Gasteiger partial charge in [-0.2, -0.15) is 13.5 Å². The van der Waals surface area contributed by atoms with Crippen LogP contribution in [0.2, 0.25) is 0 Å². The lowest BCUT2D eigenvalue weighted by Gasteiger charge is -2.29. The molecule has 2 unspecified atom stereocenters. The summed E-state index contributed by atoms with van der Waals surface area (Å²) in [5, 5.41) is 3.77. The fourth-order valence-corrected chi connectivity index (χ4v) is 4.01. The van der Waals surface area contributed by atoms with E-state index in [1.807, 2.05) is 7.05 Å². The van der Waals surface area contributed by atoms with Gasteiger partial charge in [-0.3, -0.25) is 14.2 Å². The average Bonchev–Trinajstić information content (AvgIpc) is 3.11. The van der Waals surface area contributed by atoms with Gasteiger partial charge in [0.25, 0.3) is 5.91 Å². The number of nitrogens with zero attached hydrogens (tertiary/aromatic N) is 2. The van der Waals surface area contributed by atoms with Gasteiger partial charge in [-0.05, 0) is 39.2 Å². The number of fused-ring (bicyclic) bond motifs is 2. The normalized spacial score (nSPS) is 32.3. The molecule has 2 saturated heterocycles. The fourth-order valence-electron chi connectivity index (χ4n) is 3.62. The van der Waals surface area contributed by atoms with Gasteiger partial charge in [0.2, 0.25) is 0 Å². The molecule has 25 heavy (non-hydrogen) atoms. The van der Waals surface area contributed by atoms with E-state index in [9.17, 15) is 18.0 Å². The molecule has 1 saturated carbocycles. The van der Waals surface area contributed by atoms with Gasteiger partial charge in [0.05, 0.1) is 12.1 Å². The molecule has 4 atom stereocenters. The number of piperidine rings is 1. The molecule has 0 aromatic heterocycles. The number of amides is 3. The summed E-state index contributed by atoms with van der Waals surface area (Å²) in [6, 6.07) is -1.69. The molecule has 3 amide bonds. The van der Waals surface area contributed by atoms with Crippen LogP contribution in [0, 0.1) is 0 Å². The average molecular weight is 378 g/mol. The predicted molar refractivity (Wildman–Crippen MR) is 83.1 cm³/mol. The molecule has 0 aromatic carbocycles. The molecule has 3 N–H and O–H groups in total. The zero-order valence-electron chi connectivity index (χ0n) is 13.8. The Hall–Kier alpha value is -1.47. The van der Waals surface area contributed by atoms with Crippen molar-refractivity contribution in [2.45, 2.75) is 56.3 Å². The van der Waals surface area contributed by atoms with E-state index in [2.05, 4.69) is 15.1 Å². The van der Waals surface area contributed by atoms with Crippen LogP contribution in [0.1, 0.15) is 32.1 Å². The Morgan fingerprint density at radius 3 is 2.68 bits per heavy atom. The van der Waals surface area contributed by atoms with Gasteiger partial charge in [-0.15, -0.1) is 4.28 Å². The quantitative estimate of drug-likeness (QED) is 0.403. The Morgan fingerprint density at radius 1 is 1.28 bits per heavy atom. The molecule has 0 radical (unpaired) electrons. The highest BCUT2D eigenvalue weighted by atomic mass is 32.3. The van der Waals surface area contributed by atoms with E-state index in [-0.39, 0.29) is 12.6 Å². The fraction of sp³-hybridized carbons (Fsp3) is 0.846. The van der Waals surface area contributed by atoms with Crippen molar-refractivity contribution >= 4 is 22.3 Å². The van der Waals surface area contributed by atoms with Crippen LogP contribution >= 0.6 is 0 Å². The van der Waals surface area contributed by atoms with Crippen molar-refractivity contribution in [3.63, 3.8) is 0 Å². The number of nitrogens with one attached hydrogen (secondary N) is 2. The van der Waals surface area contributed by atoms with Gasteiger partial charge in [-0.25, -0.2) is 10.3 Å². The largest absolute Gasteiger partial charge is 0.418 e. The number of rotatable bonds is 6. The first-order valence-corrected chi connectivity index (χ1v) is 9.54. The minimum atomic E-state index is -4.80. The van der Waals surface area contributed by atoms with E-state index >= 15 is 0 Å². The molecule has 142 valence electrons.